The minimum absolute atomic E-state index is 0.773. The molecule has 1 unspecified atom stereocenters. The van der Waals surface area contributed by atoms with Crippen LogP contribution >= 0.6 is 0 Å². The molecule has 1 aliphatic rings. The number of nitrogens with zero attached hydrogens (tertiary/aromatic N) is 1. The van der Waals surface area contributed by atoms with Crippen molar-refractivity contribution in [1.82, 2.24) is 10.2 Å². The zero-order valence-corrected chi connectivity index (χ0v) is 12.0. The first kappa shape index (κ1) is 15.0. The standard InChI is InChI=1S/C15H32N2/c1-3-5-6-7-8-9-13-17(4-2)14-15-11-10-12-16-15/h15-16H,3-14H2,1-2H3. The zero-order chi connectivity index (χ0) is 12.3. The van der Waals surface area contributed by atoms with Crippen LogP contribution in [0.5, 0.6) is 0 Å². The van der Waals surface area contributed by atoms with E-state index in [-0.39, 0.29) is 0 Å². The molecule has 1 atom stereocenters. The van der Waals surface area contributed by atoms with Crippen molar-refractivity contribution in [3.05, 3.63) is 0 Å². The van der Waals surface area contributed by atoms with E-state index in [9.17, 15) is 0 Å². The van der Waals surface area contributed by atoms with Crippen LogP contribution in [0.15, 0.2) is 0 Å². The summed E-state index contributed by atoms with van der Waals surface area (Å²) >= 11 is 0. The lowest BCUT2D eigenvalue weighted by atomic mass is 10.1. The van der Waals surface area contributed by atoms with E-state index in [0.717, 1.165) is 6.04 Å². The number of nitrogens with one attached hydrogen (secondary N) is 1. The molecule has 0 aromatic carbocycles. The first-order valence-electron chi connectivity index (χ1n) is 7.82. The fraction of sp³-hybridized carbons (Fsp3) is 1.00. The second-order valence-corrected chi connectivity index (χ2v) is 5.45. The van der Waals surface area contributed by atoms with Crippen molar-refractivity contribution in [3.63, 3.8) is 0 Å². The van der Waals surface area contributed by atoms with Gasteiger partial charge in [0.2, 0.25) is 0 Å². The Hall–Kier alpha value is -0.0800. The Bertz CT molecular complexity index is 164. The van der Waals surface area contributed by atoms with Crippen LogP contribution in [0.4, 0.5) is 0 Å². The predicted octanol–water partition coefficient (Wildman–Crippen LogP) is 3.42. The molecule has 0 aromatic heterocycles. The van der Waals surface area contributed by atoms with Gasteiger partial charge in [-0.1, -0.05) is 46.0 Å². The SMILES string of the molecule is CCCCCCCCN(CC)CC1CCCN1. The molecule has 0 spiro atoms. The maximum absolute atomic E-state index is 3.60. The molecule has 0 radical (unpaired) electrons. The van der Waals surface area contributed by atoms with Crippen LogP contribution in [0.25, 0.3) is 0 Å². The summed E-state index contributed by atoms with van der Waals surface area (Å²) in [4.78, 5) is 2.63. The quantitative estimate of drug-likeness (QED) is 0.589. The molecular formula is C15H32N2. The van der Waals surface area contributed by atoms with Crippen molar-refractivity contribution in [1.29, 1.82) is 0 Å². The molecule has 0 aromatic rings. The topological polar surface area (TPSA) is 15.3 Å². The molecule has 1 aliphatic heterocycles. The summed E-state index contributed by atoms with van der Waals surface area (Å²) in [6.45, 7) is 9.61. The normalized spacial score (nSPS) is 20.3. The highest BCUT2D eigenvalue weighted by Gasteiger charge is 2.16. The molecule has 17 heavy (non-hydrogen) atoms. The van der Waals surface area contributed by atoms with Crippen molar-refractivity contribution < 1.29 is 0 Å². The Kier molecular flexibility index (Phi) is 8.72. The molecule has 0 bridgehead atoms. The third-order valence-electron chi connectivity index (χ3n) is 3.92. The van der Waals surface area contributed by atoms with Gasteiger partial charge in [0.25, 0.3) is 0 Å². The summed E-state index contributed by atoms with van der Waals surface area (Å²) in [6, 6.07) is 0.773. The summed E-state index contributed by atoms with van der Waals surface area (Å²) in [5, 5.41) is 3.60. The Balaban J connectivity index is 1.97. The molecule has 0 saturated carbocycles. The third kappa shape index (κ3) is 7.05. The van der Waals surface area contributed by atoms with E-state index in [4.69, 9.17) is 0 Å². The van der Waals surface area contributed by atoms with E-state index >= 15 is 0 Å². The predicted molar refractivity (Wildman–Crippen MR) is 76.5 cm³/mol. The van der Waals surface area contributed by atoms with Gasteiger partial charge >= 0.3 is 0 Å². The monoisotopic (exact) mass is 240 g/mol. The molecule has 102 valence electrons. The van der Waals surface area contributed by atoms with Gasteiger partial charge in [-0.3, -0.25) is 0 Å². The van der Waals surface area contributed by atoms with Crippen LogP contribution in [0.2, 0.25) is 0 Å². The van der Waals surface area contributed by atoms with Crippen LogP contribution in [0.3, 0.4) is 0 Å². The van der Waals surface area contributed by atoms with Gasteiger partial charge in [-0.05, 0) is 38.9 Å². The van der Waals surface area contributed by atoms with Gasteiger partial charge < -0.3 is 10.2 Å². The van der Waals surface area contributed by atoms with Gasteiger partial charge in [-0.2, -0.15) is 0 Å². The highest BCUT2D eigenvalue weighted by molar-refractivity contribution is 4.77. The van der Waals surface area contributed by atoms with Gasteiger partial charge in [-0.25, -0.2) is 0 Å². The van der Waals surface area contributed by atoms with E-state index in [1.54, 1.807) is 0 Å². The summed E-state index contributed by atoms with van der Waals surface area (Å²) in [5.74, 6) is 0. The first-order valence-corrected chi connectivity index (χ1v) is 7.82. The smallest absolute Gasteiger partial charge is 0.0195 e. The minimum Gasteiger partial charge on any atom is -0.313 e. The van der Waals surface area contributed by atoms with E-state index in [2.05, 4.69) is 24.1 Å². The van der Waals surface area contributed by atoms with Gasteiger partial charge in [0, 0.05) is 12.6 Å². The van der Waals surface area contributed by atoms with Gasteiger partial charge in [0.05, 0.1) is 0 Å². The van der Waals surface area contributed by atoms with Crippen LogP contribution in [0, 0.1) is 0 Å². The van der Waals surface area contributed by atoms with Gasteiger partial charge in [-0.15, -0.1) is 0 Å². The van der Waals surface area contributed by atoms with E-state index in [1.165, 1.54) is 77.5 Å². The lowest BCUT2D eigenvalue weighted by Gasteiger charge is -2.24. The van der Waals surface area contributed by atoms with E-state index < -0.39 is 0 Å². The highest BCUT2D eigenvalue weighted by atomic mass is 15.1. The largest absolute Gasteiger partial charge is 0.313 e. The van der Waals surface area contributed by atoms with Crippen molar-refractivity contribution in [2.75, 3.05) is 26.2 Å². The average molecular weight is 240 g/mol. The Morgan fingerprint density at radius 3 is 2.47 bits per heavy atom. The molecule has 2 nitrogen and oxygen atoms in total. The lowest BCUT2D eigenvalue weighted by Crippen LogP contribution is -2.37. The number of likely N-dealkylation sites (N-methyl/N-ethyl adjacent to an activating group) is 1. The van der Waals surface area contributed by atoms with Crippen molar-refractivity contribution in [3.8, 4) is 0 Å². The second-order valence-electron chi connectivity index (χ2n) is 5.45. The zero-order valence-electron chi connectivity index (χ0n) is 12.0. The van der Waals surface area contributed by atoms with Gasteiger partial charge in [0.1, 0.15) is 0 Å². The molecule has 1 rings (SSSR count). The molecule has 0 amide bonds. The lowest BCUT2D eigenvalue weighted by molar-refractivity contribution is 0.255. The number of rotatable bonds is 10. The Labute approximate surface area is 108 Å². The molecule has 0 aliphatic carbocycles. The third-order valence-corrected chi connectivity index (χ3v) is 3.92. The van der Waals surface area contributed by atoms with E-state index in [0.29, 0.717) is 0 Å². The molecule has 1 saturated heterocycles. The van der Waals surface area contributed by atoms with Crippen LogP contribution in [-0.4, -0.2) is 37.1 Å². The first-order chi connectivity index (χ1) is 8.36. The van der Waals surface area contributed by atoms with Crippen LogP contribution in [-0.2, 0) is 0 Å². The Morgan fingerprint density at radius 1 is 1.06 bits per heavy atom. The molecule has 2 heteroatoms. The maximum atomic E-state index is 3.60. The minimum atomic E-state index is 0.773. The number of unbranched alkanes of at least 4 members (excludes halogenated alkanes) is 5. The average Bonchev–Trinajstić information content (AvgIpc) is 2.85. The second kappa shape index (κ2) is 9.90. The fourth-order valence-corrected chi connectivity index (χ4v) is 2.72. The van der Waals surface area contributed by atoms with E-state index in [1.807, 2.05) is 0 Å². The molecule has 1 N–H and O–H groups in total. The number of hydrogen-bond acceptors (Lipinski definition) is 2. The fourth-order valence-electron chi connectivity index (χ4n) is 2.72. The highest BCUT2D eigenvalue weighted by Crippen LogP contribution is 2.09. The van der Waals surface area contributed by atoms with Crippen LogP contribution < -0.4 is 5.32 Å². The van der Waals surface area contributed by atoms with Crippen molar-refractivity contribution in [2.45, 2.75) is 71.3 Å². The van der Waals surface area contributed by atoms with Gasteiger partial charge in [0.15, 0.2) is 0 Å². The molecule has 1 fully saturated rings. The molecular weight excluding hydrogens is 208 g/mol. The summed E-state index contributed by atoms with van der Waals surface area (Å²) in [5.41, 5.74) is 0. The van der Waals surface area contributed by atoms with Crippen molar-refractivity contribution in [2.24, 2.45) is 0 Å². The van der Waals surface area contributed by atoms with Crippen LogP contribution in [0.1, 0.15) is 65.2 Å². The summed E-state index contributed by atoms with van der Waals surface area (Å²) < 4.78 is 0. The van der Waals surface area contributed by atoms with Crippen molar-refractivity contribution >= 4 is 0 Å². The molecule has 1 heterocycles. The number of hydrogen-bond donors (Lipinski definition) is 1. The maximum Gasteiger partial charge on any atom is 0.0195 e. The summed E-state index contributed by atoms with van der Waals surface area (Å²) in [7, 11) is 0. The Morgan fingerprint density at radius 2 is 1.82 bits per heavy atom. The summed E-state index contributed by atoms with van der Waals surface area (Å²) in [6.07, 6.45) is 11.2.